The second-order valence-corrected chi connectivity index (χ2v) is 5.07. The minimum absolute atomic E-state index is 1.03. The van der Waals surface area contributed by atoms with E-state index < -0.39 is 0 Å². The van der Waals surface area contributed by atoms with E-state index in [9.17, 15) is 0 Å². The molecule has 2 heterocycles. The van der Waals surface area contributed by atoms with Crippen molar-refractivity contribution in [2.75, 3.05) is 19.6 Å². The van der Waals surface area contributed by atoms with Gasteiger partial charge in [0, 0.05) is 36.7 Å². The van der Waals surface area contributed by atoms with E-state index in [2.05, 4.69) is 45.9 Å². The number of benzene rings is 1. The average Bonchev–Trinajstić information content (AvgIpc) is 2.84. The second-order valence-electron chi connectivity index (χ2n) is 5.07. The van der Waals surface area contributed by atoms with Crippen LogP contribution in [0.3, 0.4) is 0 Å². The molecule has 3 heteroatoms. The molecule has 0 unspecified atom stereocenters. The minimum Gasteiger partial charge on any atom is -0.361 e. The number of aromatic amines is 1. The van der Waals surface area contributed by atoms with E-state index in [1.54, 1.807) is 0 Å². The first-order valence-electron chi connectivity index (χ1n) is 6.97. The number of fused-ring (bicyclic) bond motifs is 1. The van der Waals surface area contributed by atoms with Crippen molar-refractivity contribution in [3.05, 3.63) is 36.0 Å². The Hall–Kier alpha value is -1.32. The lowest BCUT2D eigenvalue weighted by Crippen LogP contribution is -2.42. The SMILES string of the molecule is c1ccc2c(CCNN3CCCCC3)c[nH]c2c1. The van der Waals surface area contributed by atoms with Crippen LogP contribution in [0.2, 0.25) is 0 Å². The Morgan fingerprint density at radius 3 is 2.83 bits per heavy atom. The van der Waals surface area contributed by atoms with Gasteiger partial charge in [-0.1, -0.05) is 24.6 Å². The third kappa shape index (κ3) is 2.57. The zero-order chi connectivity index (χ0) is 12.2. The van der Waals surface area contributed by atoms with E-state index in [0.717, 1.165) is 13.0 Å². The predicted molar refractivity (Wildman–Crippen MR) is 75.4 cm³/mol. The molecule has 3 nitrogen and oxygen atoms in total. The van der Waals surface area contributed by atoms with Crippen LogP contribution in [0.5, 0.6) is 0 Å². The van der Waals surface area contributed by atoms with Gasteiger partial charge in [-0.05, 0) is 30.9 Å². The Morgan fingerprint density at radius 2 is 1.94 bits per heavy atom. The summed E-state index contributed by atoms with van der Waals surface area (Å²) in [5, 5.41) is 3.73. The van der Waals surface area contributed by atoms with Crippen LogP contribution in [0, 0.1) is 0 Å². The Kier molecular flexibility index (Phi) is 3.62. The lowest BCUT2D eigenvalue weighted by molar-refractivity contribution is 0.156. The molecule has 1 aromatic heterocycles. The molecule has 2 aromatic rings. The fourth-order valence-corrected chi connectivity index (χ4v) is 2.74. The number of para-hydroxylation sites is 1. The van der Waals surface area contributed by atoms with E-state index in [-0.39, 0.29) is 0 Å². The summed E-state index contributed by atoms with van der Waals surface area (Å²) in [6.45, 7) is 3.43. The molecule has 96 valence electrons. The van der Waals surface area contributed by atoms with Gasteiger partial charge >= 0.3 is 0 Å². The summed E-state index contributed by atoms with van der Waals surface area (Å²) >= 11 is 0. The van der Waals surface area contributed by atoms with Gasteiger partial charge in [-0.3, -0.25) is 5.43 Å². The van der Waals surface area contributed by atoms with Crippen molar-refractivity contribution in [3.8, 4) is 0 Å². The zero-order valence-corrected chi connectivity index (χ0v) is 10.8. The number of rotatable bonds is 4. The maximum Gasteiger partial charge on any atom is 0.0456 e. The van der Waals surface area contributed by atoms with Crippen molar-refractivity contribution < 1.29 is 0 Å². The van der Waals surface area contributed by atoms with Gasteiger partial charge in [-0.2, -0.15) is 0 Å². The van der Waals surface area contributed by atoms with Crippen LogP contribution in [0.1, 0.15) is 24.8 Å². The van der Waals surface area contributed by atoms with Gasteiger partial charge in [0.15, 0.2) is 0 Å². The molecule has 1 saturated heterocycles. The summed E-state index contributed by atoms with van der Waals surface area (Å²) in [5.41, 5.74) is 6.20. The lowest BCUT2D eigenvalue weighted by Gasteiger charge is -2.27. The van der Waals surface area contributed by atoms with Crippen LogP contribution in [-0.2, 0) is 6.42 Å². The molecule has 1 aliphatic heterocycles. The highest BCUT2D eigenvalue weighted by Crippen LogP contribution is 2.17. The largest absolute Gasteiger partial charge is 0.361 e. The minimum atomic E-state index is 1.03. The molecular weight excluding hydrogens is 222 g/mol. The smallest absolute Gasteiger partial charge is 0.0456 e. The molecule has 18 heavy (non-hydrogen) atoms. The Balaban J connectivity index is 1.56. The molecular formula is C15H21N3. The van der Waals surface area contributed by atoms with Gasteiger partial charge in [0.1, 0.15) is 0 Å². The van der Waals surface area contributed by atoms with E-state index in [0.29, 0.717) is 0 Å². The van der Waals surface area contributed by atoms with Gasteiger partial charge in [0.2, 0.25) is 0 Å². The Bertz CT molecular complexity index is 497. The monoisotopic (exact) mass is 243 g/mol. The average molecular weight is 243 g/mol. The fourth-order valence-electron chi connectivity index (χ4n) is 2.74. The van der Waals surface area contributed by atoms with Gasteiger partial charge in [0.05, 0.1) is 0 Å². The third-order valence-corrected chi connectivity index (χ3v) is 3.76. The predicted octanol–water partition coefficient (Wildman–Crippen LogP) is 2.70. The lowest BCUT2D eigenvalue weighted by atomic mass is 10.1. The molecule has 1 aliphatic rings. The summed E-state index contributed by atoms with van der Waals surface area (Å²) in [4.78, 5) is 3.34. The standard InChI is InChI=1S/C15H21N3/c1-4-10-18(11-5-1)17-9-8-13-12-16-15-7-3-2-6-14(13)15/h2-3,6-7,12,16-17H,1,4-5,8-11H2. The highest BCUT2D eigenvalue weighted by Gasteiger charge is 2.09. The molecule has 0 aliphatic carbocycles. The molecule has 0 amide bonds. The number of aromatic nitrogens is 1. The number of hydrazine groups is 1. The first-order chi connectivity index (χ1) is 8.93. The number of hydrogen-bond donors (Lipinski definition) is 2. The highest BCUT2D eigenvalue weighted by atomic mass is 15.5. The summed E-state index contributed by atoms with van der Waals surface area (Å²) in [7, 11) is 0. The van der Waals surface area contributed by atoms with Gasteiger partial charge in [-0.25, -0.2) is 5.01 Å². The molecule has 1 aromatic carbocycles. The summed E-state index contributed by atoms with van der Waals surface area (Å²) in [5.74, 6) is 0. The van der Waals surface area contributed by atoms with Crippen LogP contribution in [0.15, 0.2) is 30.5 Å². The van der Waals surface area contributed by atoms with Crippen molar-refractivity contribution in [1.82, 2.24) is 15.4 Å². The van der Waals surface area contributed by atoms with Gasteiger partial charge < -0.3 is 4.98 Å². The van der Waals surface area contributed by atoms with Crippen molar-refractivity contribution in [1.29, 1.82) is 0 Å². The molecule has 1 fully saturated rings. The number of nitrogens with zero attached hydrogens (tertiary/aromatic N) is 1. The quantitative estimate of drug-likeness (QED) is 0.865. The van der Waals surface area contributed by atoms with E-state index >= 15 is 0 Å². The third-order valence-electron chi connectivity index (χ3n) is 3.76. The van der Waals surface area contributed by atoms with E-state index in [1.807, 2.05) is 0 Å². The van der Waals surface area contributed by atoms with Crippen LogP contribution in [-0.4, -0.2) is 29.6 Å². The molecule has 0 saturated carbocycles. The van der Waals surface area contributed by atoms with Gasteiger partial charge in [-0.15, -0.1) is 0 Å². The normalized spacial score (nSPS) is 17.3. The number of hydrogen-bond acceptors (Lipinski definition) is 2. The molecule has 0 atom stereocenters. The highest BCUT2D eigenvalue weighted by molar-refractivity contribution is 5.83. The maximum absolute atomic E-state index is 3.54. The molecule has 3 rings (SSSR count). The van der Waals surface area contributed by atoms with Crippen molar-refractivity contribution in [2.24, 2.45) is 0 Å². The van der Waals surface area contributed by atoms with Gasteiger partial charge in [0.25, 0.3) is 0 Å². The van der Waals surface area contributed by atoms with Crippen molar-refractivity contribution in [3.63, 3.8) is 0 Å². The first-order valence-corrected chi connectivity index (χ1v) is 6.97. The van der Waals surface area contributed by atoms with Crippen LogP contribution >= 0.6 is 0 Å². The molecule has 0 spiro atoms. The van der Waals surface area contributed by atoms with Crippen molar-refractivity contribution >= 4 is 10.9 Å². The van der Waals surface area contributed by atoms with Crippen LogP contribution in [0.4, 0.5) is 0 Å². The molecule has 0 radical (unpaired) electrons. The van der Waals surface area contributed by atoms with Crippen LogP contribution in [0.25, 0.3) is 10.9 Å². The zero-order valence-electron chi connectivity index (χ0n) is 10.8. The maximum atomic E-state index is 3.54. The van der Waals surface area contributed by atoms with E-state index in [1.165, 1.54) is 48.8 Å². The summed E-state index contributed by atoms with van der Waals surface area (Å²) in [6, 6.07) is 8.52. The Morgan fingerprint density at radius 1 is 1.11 bits per heavy atom. The van der Waals surface area contributed by atoms with E-state index in [4.69, 9.17) is 0 Å². The fraction of sp³-hybridized carbons (Fsp3) is 0.467. The summed E-state index contributed by atoms with van der Waals surface area (Å²) in [6.07, 6.45) is 7.28. The number of nitrogens with one attached hydrogen (secondary N) is 2. The van der Waals surface area contributed by atoms with Crippen LogP contribution < -0.4 is 5.43 Å². The van der Waals surface area contributed by atoms with Crippen molar-refractivity contribution in [2.45, 2.75) is 25.7 Å². The first kappa shape index (κ1) is 11.8. The second kappa shape index (κ2) is 5.55. The Labute approximate surface area is 108 Å². The number of piperidine rings is 1. The topological polar surface area (TPSA) is 31.1 Å². The number of H-pyrrole nitrogens is 1. The molecule has 0 bridgehead atoms. The summed E-state index contributed by atoms with van der Waals surface area (Å²) < 4.78 is 0. The molecule has 2 N–H and O–H groups in total.